The van der Waals surface area contributed by atoms with Crippen molar-refractivity contribution in [1.82, 2.24) is 0 Å². The minimum Gasteiger partial charge on any atom is -0.463 e. The van der Waals surface area contributed by atoms with Gasteiger partial charge < -0.3 is 4.74 Å². The van der Waals surface area contributed by atoms with Gasteiger partial charge in [-0.05, 0) is 20.3 Å². The highest BCUT2D eigenvalue weighted by molar-refractivity contribution is 7.48. The van der Waals surface area contributed by atoms with E-state index in [2.05, 4.69) is 6.92 Å². The van der Waals surface area contributed by atoms with E-state index in [1.165, 1.54) is 44.9 Å². The highest BCUT2D eigenvalue weighted by atomic mass is 31.2. The van der Waals surface area contributed by atoms with E-state index in [-0.39, 0.29) is 32.4 Å². The lowest BCUT2D eigenvalue weighted by Crippen LogP contribution is -2.11. The van der Waals surface area contributed by atoms with Crippen molar-refractivity contribution in [3.05, 3.63) is 0 Å². The Hall–Kier alpha value is -0.420. The van der Waals surface area contributed by atoms with Crippen molar-refractivity contribution in [2.75, 3.05) is 26.4 Å². The molecular weight excluding hydrogens is 343 g/mol. The summed E-state index contributed by atoms with van der Waals surface area (Å²) in [7, 11) is -3.51. The monoisotopic (exact) mass is 380 g/mol. The Morgan fingerprint density at radius 2 is 1.24 bits per heavy atom. The molecule has 0 saturated heterocycles. The fraction of sp³-hybridized carbons (Fsp3) is 0.944. The second-order valence-electron chi connectivity index (χ2n) is 5.91. The van der Waals surface area contributed by atoms with Crippen LogP contribution in [0.15, 0.2) is 0 Å². The molecule has 0 radical (unpaired) electrons. The molecule has 0 amide bonds. The third-order valence-corrected chi connectivity index (χ3v) is 5.30. The molecule has 25 heavy (non-hydrogen) atoms. The molecule has 0 aliphatic carbocycles. The molecule has 0 unspecified atom stereocenters. The Labute approximate surface area is 153 Å². The minimum absolute atomic E-state index is 0.000772. The molecule has 0 heterocycles. The van der Waals surface area contributed by atoms with Crippen LogP contribution in [0.25, 0.3) is 0 Å². The molecule has 0 atom stereocenters. The van der Waals surface area contributed by atoms with E-state index in [1.54, 1.807) is 13.8 Å². The highest BCUT2D eigenvalue weighted by Crippen LogP contribution is 2.48. The van der Waals surface area contributed by atoms with Crippen LogP contribution in [-0.4, -0.2) is 32.4 Å². The van der Waals surface area contributed by atoms with E-state index in [0.717, 1.165) is 12.8 Å². The maximum Gasteiger partial charge on any atom is 0.474 e. The van der Waals surface area contributed by atoms with Gasteiger partial charge >= 0.3 is 13.8 Å². The van der Waals surface area contributed by atoms with E-state index in [0.29, 0.717) is 6.42 Å². The number of unbranched alkanes of at least 4 members (excludes halogenated alkanes) is 8. The Morgan fingerprint density at radius 1 is 0.720 bits per heavy atom. The fourth-order valence-electron chi connectivity index (χ4n) is 2.38. The molecule has 0 spiro atoms. The number of phosphoric acid groups is 1. The first-order valence-corrected chi connectivity index (χ1v) is 11.2. The number of carbonyl (C=O) groups is 1. The standard InChI is InChI=1S/C18H37O6P/c1-4-7-8-9-10-11-12-13-14-15-18(19)21-16-17-24-25(20,22-5-2)23-6-3/h4-17H2,1-3H3. The van der Waals surface area contributed by atoms with E-state index < -0.39 is 7.82 Å². The highest BCUT2D eigenvalue weighted by Gasteiger charge is 2.25. The van der Waals surface area contributed by atoms with Crippen molar-refractivity contribution in [3.63, 3.8) is 0 Å². The Bertz CT molecular complexity index is 351. The number of hydrogen-bond acceptors (Lipinski definition) is 6. The predicted octanol–water partition coefficient (Wildman–Crippen LogP) is 5.65. The lowest BCUT2D eigenvalue weighted by atomic mass is 10.1. The summed E-state index contributed by atoms with van der Waals surface area (Å²) in [5.74, 6) is -0.241. The topological polar surface area (TPSA) is 71.1 Å². The zero-order valence-electron chi connectivity index (χ0n) is 16.3. The van der Waals surface area contributed by atoms with Crippen molar-refractivity contribution in [3.8, 4) is 0 Å². The van der Waals surface area contributed by atoms with Gasteiger partial charge in [0.1, 0.15) is 6.61 Å². The Balaban J connectivity index is 3.53. The number of ether oxygens (including phenoxy) is 1. The van der Waals surface area contributed by atoms with Gasteiger partial charge in [0.2, 0.25) is 0 Å². The zero-order chi connectivity index (χ0) is 18.8. The Kier molecular flexibility index (Phi) is 16.7. The molecule has 150 valence electrons. The summed E-state index contributed by atoms with van der Waals surface area (Å²) in [6, 6.07) is 0. The van der Waals surface area contributed by atoms with Gasteiger partial charge in [-0.1, -0.05) is 58.3 Å². The molecule has 6 nitrogen and oxygen atoms in total. The quantitative estimate of drug-likeness (QED) is 0.174. The SMILES string of the molecule is CCCCCCCCCCCC(=O)OCCOP(=O)(OCC)OCC. The maximum atomic E-state index is 12.0. The first-order valence-electron chi connectivity index (χ1n) is 9.77. The van der Waals surface area contributed by atoms with Crippen LogP contribution in [0.4, 0.5) is 0 Å². The minimum atomic E-state index is -3.51. The third-order valence-electron chi connectivity index (χ3n) is 3.65. The van der Waals surface area contributed by atoms with Gasteiger partial charge in [0, 0.05) is 6.42 Å². The number of esters is 1. The van der Waals surface area contributed by atoms with Crippen LogP contribution in [0.2, 0.25) is 0 Å². The van der Waals surface area contributed by atoms with Crippen LogP contribution in [0.1, 0.15) is 85.0 Å². The first kappa shape index (κ1) is 24.6. The molecule has 0 N–H and O–H groups in total. The van der Waals surface area contributed by atoms with Crippen molar-refractivity contribution in [1.29, 1.82) is 0 Å². The molecule has 0 aliphatic heterocycles. The van der Waals surface area contributed by atoms with Crippen molar-refractivity contribution in [2.24, 2.45) is 0 Å². The van der Waals surface area contributed by atoms with E-state index in [1.807, 2.05) is 0 Å². The van der Waals surface area contributed by atoms with Crippen LogP contribution in [0.3, 0.4) is 0 Å². The molecule has 0 bridgehead atoms. The number of phosphoric ester groups is 1. The van der Waals surface area contributed by atoms with Crippen LogP contribution in [0, 0.1) is 0 Å². The summed E-state index contributed by atoms with van der Waals surface area (Å²) in [4.78, 5) is 11.6. The normalized spacial score (nSPS) is 11.6. The van der Waals surface area contributed by atoms with Gasteiger partial charge in [-0.15, -0.1) is 0 Å². The molecule has 0 aromatic rings. The van der Waals surface area contributed by atoms with Gasteiger partial charge in [-0.2, -0.15) is 0 Å². The second kappa shape index (κ2) is 17.0. The van der Waals surface area contributed by atoms with E-state index in [4.69, 9.17) is 18.3 Å². The van der Waals surface area contributed by atoms with E-state index >= 15 is 0 Å². The van der Waals surface area contributed by atoms with Gasteiger partial charge in [-0.3, -0.25) is 18.4 Å². The number of carbonyl (C=O) groups excluding carboxylic acids is 1. The lowest BCUT2D eigenvalue weighted by Gasteiger charge is -2.16. The lowest BCUT2D eigenvalue weighted by molar-refractivity contribution is -0.144. The molecule has 0 rings (SSSR count). The van der Waals surface area contributed by atoms with Crippen molar-refractivity contribution >= 4 is 13.8 Å². The number of hydrogen-bond donors (Lipinski definition) is 0. The molecule has 7 heteroatoms. The summed E-state index contributed by atoms with van der Waals surface area (Å²) in [5.41, 5.74) is 0. The van der Waals surface area contributed by atoms with Crippen LogP contribution >= 0.6 is 7.82 Å². The summed E-state index contributed by atoms with van der Waals surface area (Å²) >= 11 is 0. The van der Waals surface area contributed by atoms with Gasteiger partial charge in [0.25, 0.3) is 0 Å². The molecule has 0 saturated carbocycles. The average Bonchev–Trinajstić information content (AvgIpc) is 2.58. The average molecular weight is 380 g/mol. The van der Waals surface area contributed by atoms with Crippen LogP contribution in [0.5, 0.6) is 0 Å². The van der Waals surface area contributed by atoms with Crippen LogP contribution in [-0.2, 0) is 27.7 Å². The fourth-order valence-corrected chi connectivity index (χ4v) is 3.54. The van der Waals surface area contributed by atoms with E-state index in [9.17, 15) is 9.36 Å². The predicted molar refractivity (Wildman–Crippen MR) is 99.6 cm³/mol. The summed E-state index contributed by atoms with van der Waals surface area (Å²) in [6.45, 7) is 6.16. The first-order chi connectivity index (χ1) is 12.1. The van der Waals surface area contributed by atoms with Gasteiger partial charge in [0.15, 0.2) is 0 Å². The molecule has 0 aromatic heterocycles. The molecule has 0 aromatic carbocycles. The van der Waals surface area contributed by atoms with Crippen LogP contribution < -0.4 is 0 Å². The second-order valence-corrected chi connectivity index (χ2v) is 7.58. The van der Waals surface area contributed by atoms with Gasteiger partial charge in [0.05, 0.1) is 19.8 Å². The molecule has 0 fully saturated rings. The summed E-state index contributed by atoms with van der Waals surface area (Å²) in [6.07, 6.45) is 11.3. The smallest absolute Gasteiger partial charge is 0.463 e. The van der Waals surface area contributed by atoms with Crippen molar-refractivity contribution < 1.29 is 27.7 Å². The van der Waals surface area contributed by atoms with Crippen molar-refractivity contribution in [2.45, 2.75) is 85.0 Å². The third kappa shape index (κ3) is 15.5. The largest absolute Gasteiger partial charge is 0.474 e. The molecule has 0 aliphatic rings. The van der Waals surface area contributed by atoms with Gasteiger partial charge in [-0.25, -0.2) is 4.57 Å². The number of rotatable bonds is 18. The summed E-state index contributed by atoms with van der Waals surface area (Å²) in [5, 5.41) is 0. The zero-order valence-corrected chi connectivity index (χ0v) is 17.2. The molecular formula is C18H37O6P. The summed E-state index contributed by atoms with van der Waals surface area (Å²) < 4.78 is 32.1. The Morgan fingerprint density at radius 3 is 1.76 bits per heavy atom. The maximum absolute atomic E-state index is 12.0.